The molecule has 2 N–H and O–H groups in total. The van der Waals surface area contributed by atoms with Gasteiger partial charge in [-0.05, 0) is 37.0 Å². The van der Waals surface area contributed by atoms with Crippen LogP contribution in [0.3, 0.4) is 0 Å². The van der Waals surface area contributed by atoms with Gasteiger partial charge < -0.3 is 14.6 Å². The van der Waals surface area contributed by atoms with Gasteiger partial charge in [0.25, 0.3) is 0 Å². The molecule has 0 amide bonds. The summed E-state index contributed by atoms with van der Waals surface area (Å²) < 4.78 is 23.8. The molecule has 6 heteroatoms. The first-order valence-corrected chi connectivity index (χ1v) is 5.98. The summed E-state index contributed by atoms with van der Waals surface area (Å²) in [5.74, 6) is 0. The average Bonchev–Trinajstić information content (AvgIpc) is 2.22. The van der Waals surface area contributed by atoms with Gasteiger partial charge in [0.05, 0.1) is 5.69 Å². The molecule has 0 bridgehead atoms. The van der Waals surface area contributed by atoms with Crippen molar-refractivity contribution in [2.45, 2.75) is 19.8 Å². The van der Waals surface area contributed by atoms with E-state index in [1.165, 1.54) is 0 Å². The molecule has 0 radical (unpaired) electrons. The van der Waals surface area contributed by atoms with Crippen LogP contribution in [-0.4, -0.2) is 15.3 Å². The van der Waals surface area contributed by atoms with E-state index in [0.717, 1.165) is 41.9 Å². The number of aryl methyl sites for hydroxylation is 1. The number of nitrogens with one attached hydrogen (secondary N) is 2. The molecule has 1 atom stereocenters. The molecular formula is C10H13N2O2SY+2. The maximum absolute atomic E-state index is 10.7. The number of hydrogen-bond donors (Lipinski definition) is 2. The smallest absolute Gasteiger partial charge is 0.755 e. The van der Waals surface area contributed by atoms with Gasteiger partial charge in [0, 0.05) is 23.5 Å². The zero-order valence-electron chi connectivity index (χ0n) is 9.08. The van der Waals surface area contributed by atoms with Crippen LogP contribution in [0.15, 0.2) is 12.1 Å². The summed E-state index contributed by atoms with van der Waals surface area (Å²) >= 11 is -2.25. The molecule has 82 valence electrons. The number of fused-ring (bicyclic) bond motifs is 1. The predicted octanol–water partition coefficient (Wildman–Crippen LogP) is 1.56. The van der Waals surface area contributed by atoms with E-state index in [1.807, 2.05) is 19.1 Å². The van der Waals surface area contributed by atoms with Crippen LogP contribution in [-0.2, 0) is 50.4 Å². The summed E-state index contributed by atoms with van der Waals surface area (Å²) in [6, 6.07) is 3.93. The summed E-state index contributed by atoms with van der Waals surface area (Å²) in [6.45, 7) is 2.86. The van der Waals surface area contributed by atoms with Gasteiger partial charge in [-0.2, -0.15) is 0 Å². The van der Waals surface area contributed by atoms with Crippen molar-refractivity contribution in [1.82, 2.24) is 0 Å². The molecule has 0 fully saturated rings. The van der Waals surface area contributed by atoms with Gasteiger partial charge in [0.15, 0.2) is 0 Å². The first-order valence-electron chi connectivity index (χ1n) is 4.91. The summed E-state index contributed by atoms with van der Waals surface area (Å²) in [6.07, 6.45) is 1.96. The molecule has 0 saturated heterocycles. The number of benzene rings is 1. The minimum absolute atomic E-state index is 0. The third-order valence-electron chi connectivity index (χ3n) is 2.63. The van der Waals surface area contributed by atoms with Crippen molar-refractivity contribution < 1.29 is 41.5 Å². The van der Waals surface area contributed by atoms with Gasteiger partial charge in [-0.25, -0.2) is 0 Å². The quantitative estimate of drug-likeness (QED) is 0.814. The molecule has 0 spiro atoms. The minimum Gasteiger partial charge on any atom is -0.755 e. The van der Waals surface area contributed by atoms with E-state index < -0.39 is 11.3 Å². The maximum atomic E-state index is 10.7. The molecule has 1 aromatic rings. The molecule has 1 aromatic carbocycles. The van der Waals surface area contributed by atoms with Crippen molar-refractivity contribution >= 4 is 22.6 Å². The second-order valence-corrected chi connectivity index (χ2v) is 4.32. The van der Waals surface area contributed by atoms with E-state index in [1.54, 1.807) is 0 Å². The van der Waals surface area contributed by atoms with E-state index in [9.17, 15) is 8.76 Å². The van der Waals surface area contributed by atoms with Crippen LogP contribution in [0.25, 0.3) is 0 Å². The van der Waals surface area contributed by atoms with Crippen molar-refractivity contribution in [2.75, 3.05) is 16.6 Å². The summed E-state index contributed by atoms with van der Waals surface area (Å²) in [5.41, 5.74) is 3.81. The van der Waals surface area contributed by atoms with Gasteiger partial charge in [-0.3, -0.25) is 4.21 Å². The van der Waals surface area contributed by atoms with Gasteiger partial charge in [-0.15, -0.1) is 0 Å². The second kappa shape index (κ2) is 6.10. The zero-order valence-corrected chi connectivity index (χ0v) is 12.7. The van der Waals surface area contributed by atoms with Crippen LogP contribution < -0.4 is 10.0 Å². The normalized spacial score (nSPS) is 15.4. The van der Waals surface area contributed by atoms with Gasteiger partial charge in [0.2, 0.25) is 0 Å². The van der Waals surface area contributed by atoms with Crippen LogP contribution >= 0.6 is 0 Å². The standard InChI is InChI=1S/C10H14N2O2S.Y/c1-7-4-5-9-8(3-2-6-11-9)10(7)12-15(13)14;/h4-5,11-12H,2-3,6H2,1H3,(H,13,14);/q;+3/p-1. The first-order chi connectivity index (χ1) is 7.18. The summed E-state index contributed by atoms with van der Waals surface area (Å²) in [5, 5.41) is 3.26. The number of rotatable bonds is 2. The van der Waals surface area contributed by atoms with Crippen LogP contribution in [0.4, 0.5) is 11.4 Å². The SMILES string of the molecule is Cc1ccc2c(c1NS(=O)[O-])CCCN2.[Y+3]. The third-order valence-corrected chi connectivity index (χ3v) is 3.00. The molecule has 0 aliphatic carbocycles. The van der Waals surface area contributed by atoms with E-state index >= 15 is 0 Å². The minimum atomic E-state index is -2.25. The van der Waals surface area contributed by atoms with Crippen molar-refractivity contribution in [2.24, 2.45) is 0 Å². The van der Waals surface area contributed by atoms with E-state index in [2.05, 4.69) is 10.0 Å². The summed E-state index contributed by atoms with van der Waals surface area (Å²) in [7, 11) is 0. The first kappa shape index (κ1) is 14.1. The fraction of sp³-hybridized carbons (Fsp3) is 0.400. The van der Waals surface area contributed by atoms with Crippen molar-refractivity contribution in [3.63, 3.8) is 0 Å². The van der Waals surface area contributed by atoms with Crippen LogP contribution in [0.5, 0.6) is 0 Å². The maximum Gasteiger partial charge on any atom is 3.00 e. The number of hydrogen-bond acceptors (Lipinski definition) is 3. The average molecular weight is 314 g/mol. The monoisotopic (exact) mass is 314 g/mol. The molecule has 1 aliphatic rings. The Bertz CT molecular complexity index is 412. The Hall–Kier alpha value is 0.0339. The van der Waals surface area contributed by atoms with Crippen molar-refractivity contribution in [3.8, 4) is 0 Å². The van der Waals surface area contributed by atoms with Crippen LogP contribution in [0.1, 0.15) is 17.5 Å². The Morgan fingerprint density at radius 2 is 2.25 bits per heavy atom. The Kier molecular flexibility index (Phi) is 5.37. The largest absolute Gasteiger partial charge is 3.00 e. The van der Waals surface area contributed by atoms with E-state index in [-0.39, 0.29) is 32.7 Å². The van der Waals surface area contributed by atoms with Crippen LogP contribution in [0.2, 0.25) is 0 Å². The van der Waals surface area contributed by atoms with E-state index in [0.29, 0.717) is 0 Å². The fourth-order valence-electron chi connectivity index (χ4n) is 1.90. The van der Waals surface area contributed by atoms with Gasteiger partial charge in [0.1, 0.15) is 0 Å². The molecule has 2 rings (SSSR count). The molecule has 4 nitrogen and oxygen atoms in total. The molecule has 0 aromatic heterocycles. The Balaban J connectivity index is 0.00000128. The zero-order chi connectivity index (χ0) is 10.8. The Morgan fingerprint density at radius 3 is 2.94 bits per heavy atom. The fourth-order valence-corrected chi connectivity index (χ4v) is 2.35. The second-order valence-electron chi connectivity index (χ2n) is 3.65. The molecule has 0 saturated carbocycles. The third kappa shape index (κ3) is 3.03. The Labute approximate surface area is 123 Å². The molecule has 16 heavy (non-hydrogen) atoms. The molecular weight excluding hydrogens is 301 g/mol. The van der Waals surface area contributed by atoms with Crippen LogP contribution in [0, 0.1) is 6.92 Å². The summed E-state index contributed by atoms with van der Waals surface area (Å²) in [4.78, 5) is 0. The topological polar surface area (TPSA) is 64.2 Å². The predicted molar refractivity (Wildman–Crippen MR) is 60.5 cm³/mol. The molecule has 1 heterocycles. The van der Waals surface area contributed by atoms with Gasteiger partial charge >= 0.3 is 32.7 Å². The number of anilines is 2. The molecule has 1 aliphatic heterocycles. The van der Waals surface area contributed by atoms with Crippen molar-refractivity contribution in [3.05, 3.63) is 23.3 Å². The van der Waals surface area contributed by atoms with Crippen molar-refractivity contribution in [1.29, 1.82) is 0 Å². The van der Waals surface area contributed by atoms with Gasteiger partial charge in [-0.1, -0.05) is 6.07 Å². The van der Waals surface area contributed by atoms with E-state index in [4.69, 9.17) is 0 Å². The Morgan fingerprint density at radius 1 is 1.50 bits per heavy atom. The molecule has 1 unspecified atom stereocenters.